The first-order valence-electron chi connectivity index (χ1n) is 20.7. The summed E-state index contributed by atoms with van der Waals surface area (Å²) in [7, 11) is 0. The van der Waals surface area contributed by atoms with Gasteiger partial charge in [-0.25, -0.2) is 0 Å². The van der Waals surface area contributed by atoms with Gasteiger partial charge < -0.3 is 4.90 Å². The third-order valence-corrected chi connectivity index (χ3v) is 15.9. The highest BCUT2D eigenvalue weighted by Crippen LogP contribution is 2.71. The second-order valence-electron chi connectivity index (χ2n) is 17.2. The third-order valence-electron chi connectivity index (χ3n) is 14.7. The van der Waals surface area contributed by atoms with Crippen LogP contribution in [0, 0.1) is 29.6 Å². The van der Waals surface area contributed by atoms with Gasteiger partial charge in [-0.05, 0) is 156 Å². The van der Waals surface area contributed by atoms with Crippen molar-refractivity contribution < 1.29 is 0 Å². The highest BCUT2D eigenvalue weighted by Gasteiger charge is 2.64. The minimum Gasteiger partial charge on any atom is -0.310 e. The zero-order valence-electron chi connectivity index (χ0n) is 31.4. The number of allylic oxidation sites excluding steroid dienone is 4. The fourth-order valence-electron chi connectivity index (χ4n) is 12.5. The second kappa shape index (κ2) is 12.2. The summed E-state index contributed by atoms with van der Waals surface area (Å²) >= 11 is 1.88. The molecule has 1 spiro atoms. The molecule has 13 rings (SSSR count). The topological polar surface area (TPSA) is 3.24 Å². The van der Waals surface area contributed by atoms with E-state index in [9.17, 15) is 0 Å². The van der Waals surface area contributed by atoms with Crippen LogP contribution in [-0.2, 0) is 5.41 Å². The molecule has 55 heavy (non-hydrogen) atoms. The van der Waals surface area contributed by atoms with Crippen molar-refractivity contribution in [3.05, 3.63) is 168 Å². The number of anilines is 3. The molecule has 0 N–H and O–H groups in total. The molecule has 268 valence electrons. The number of para-hydroxylation sites is 1. The lowest BCUT2D eigenvalue weighted by molar-refractivity contribution is -0.0824. The number of nitrogens with zero attached hydrogens (tertiary/aromatic N) is 1. The first kappa shape index (κ1) is 32.1. The molecule has 4 bridgehead atoms. The molecule has 0 aliphatic heterocycles. The molecule has 6 atom stereocenters. The molecule has 2 heteroatoms. The van der Waals surface area contributed by atoms with Crippen LogP contribution in [0.25, 0.3) is 48.0 Å². The van der Waals surface area contributed by atoms with E-state index in [0.717, 1.165) is 36.0 Å². The summed E-state index contributed by atoms with van der Waals surface area (Å²) in [6, 6.07) is 52.8. The second-order valence-corrected chi connectivity index (χ2v) is 18.3. The first-order valence-corrected chi connectivity index (χ1v) is 21.5. The molecule has 5 unspecified atom stereocenters. The van der Waals surface area contributed by atoms with E-state index in [4.69, 9.17) is 0 Å². The molecule has 0 radical (unpaired) electrons. The maximum Gasteiger partial charge on any atom is 0.0540 e. The van der Waals surface area contributed by atoms with Gasteiger partial charge in [0.15, 0.2) is 0 Å². The maximum atomic E-state index is 2.67. The van der Waals surface area contributed by atoms with E-state index in [1.807, 2.05) is 11.3 Å². The van der Waals surface area contributed by atoms with E-state index in [1.165, 1.54) is 91.6 Å². The molecule has 0 amide bonds. The minimum absolute atomic E-state index is 0.142. The van der Waals surface area contributed by atoms with Crippen LogP contribution in [0.3, 0.4) is 0 Å². The van der Waals surface area contributed by atoms with Gasteiger partial charge in [-0.15, -0.1) is 11.3 Å². The third kappa shape index (κ3) is 4.64. The van der Waals surface area contributed by atoms with Crippen molar-refractivity contribution in [2.45, 2.75) is 50.9 Å². The van der Waals surface area contributed by atoms with Gasteiger partial charge in [0.05, 0.1) is 5.69 Å². The molecular formula is C53H45NS. The first-order chi connectivity index (χ1) is 27.1. The summed E-state index contributed by atoms with van der Waals surface area (Å²) in [6.07, 6.45) is 13.1. The Morgan fingerprint density at radius 3 is 2.31 bits per heavy atom. The normalized spacial score (nSPS) is 25.9. The lowest BCUT2D eigenvalue weighted by atomic mass is 9.40. The standard InChI is InChI=1S/C53H45NS/c1-33-38-27-34-28-39(30-38)53(48(33)29-34)47-16-8-5-14-43(47)44-25-24-41(32-49(44)53)54(50-17-9-6-13-42(50)36-11-3-2-4-12-36)40-22-19-35(20-23-40)37-21-26-52-46(31-37)45-15-7-10-18-51(45)55-52/h2-4,6-13,15-26,31-34,38-39,48H,5,14,27-30H2,1H3/t33-,34?,38?,39?,48?,53?/m0/s1. The lowest BCUT2D eigenvalue weighted by Gasteiger charge is -2.64. The molecule has 4 fully saturated rings. The SMILES string of the molecule is C[C@H]1C2CC3CC(C2)C2(C4=C(CCC=C4)c4ccc(N(c5ccc(-c6ccc7sc8ccccc8c7c6)cc5)c5ccccc5-c5ccccc5)cc42)C1C3. The van der Waals surface area contributed by atoms with Crippen molar-refractivity contribution in [2.24, 2.45) is 29.6 Å². The lowest BCUT2D eigenvalue weighted by Crippen LogP contribution is -2.59. The van der Waals surface area contributed by atoms with Crippen LogP contribution in [0.5, 0.6) is 0 Å². The van der Waals surface area contributed by atoms with E-state index < -0.39 is 0 Å². The van der Waals surface area contributed by atoms with Crippen molar-refractivity contribution in [3.63, 3.8) is 0 Å². The fourth-order valence-corrected chi connectivity index (χ4v) is 13.6. The smallest absolute Gasteiger partial charge is 0.0540 e. The highest BCUT2D eigenvalue weighted by molar-refractivity contribution is 7.25. The van der Waals surface area contributed by atoms with Crippen molar-refractivity contribution in [1.82, 2.24) is 0 Å². The number of hydrogen-bond acceptors (Lipinski definition) is 2. The summed E-state index contributed by atoms with van der Waals surface area (Å²) in [5, 5.41) is 2.69. The average Bonchev–Trinajstić information content (AvgIpc) is 3.75. The largest absolute Gasteiger partial charge is 0.310 e. The maximum absolute atomic E-state index is 2.67. The van der Waals surface area contributed by atoms with Crippen molar-refractivity contribution >= 4 is 54.1 Å². The summed E-state index contributed by atoms with van der Waals surface area (Å²) in [5.74, 6) is 4.09. The van der Waals surface area contributed by atoms with Crippen LogP contribution < -0.4 is 4.90 Å². The van der Waals surface area contributed by atoms with Crippen LogP contribution in [0.4, 0.5) is 17.1 Å². The fraction of sp³-hybridized carbons (Fsp3) is 0.245. The van der Waals surface area contributed by atoms with Gasteiger partial charge in [0.25, 0.3) is 0 Å². The van der Waals surface area contributed by atoms with Crippen molar-refractivity contribution in [1.29, 1.82) is 0 Å². The van der Waals surface area contributed by atoms with Gasteiger partial charge in [0.1, 0.15) is 0 Å². The monoisotopic (exact) mass is 727 g/mol. The van der Waals surface area contributed by atoms with Crippen LogP contribution in [-0.4, -0.2) is 0 Å². The zero-order chi connectivity index (χ0) is 36.3. The summed E-state index contributed by atoms with van der Waals surface area (Å²) in [4.78, 5) is 2.56. The van der Waals surface area contributed by atoms with Crippen LogP contribution >= 0.6 is 11.3 Å². The quantitative estimate of drug-likeness (QED) is 0.171. The minimum atomic E-state index is 0.142. The molecule has 6 aliphatic carbocycles. The Bertz CT molecular complexity index is 2710. The number of rotatable bonds is 5. The Balaban J connectivity index is 1.03. The number of hydrogen-bond donors (Lipinski definition) is 0. The average molecular weight is 728 g/mol. The number of benzene rings is 6. The van der Waals surface area contributed by atoms with E-state index in [0.29, 0.717) is 0 Å². The van der Waals surface area contributed by atoms with E-state index >= 15 is 0 Å². The van der Waals surface area contributed by atoms with E-state index in [-0.39, 0.29) is 5.41 Å². The molecule has 1 aromatic heterocycles. The zero-order valence-corrected chi connectivity index (χ0v) is 32.2. The predicted octanol–water partition coefficient (Wildman–Crippen LogP) is 14.9. The Hall–Kier alpha value is -5.18. The number of fused-ring (bicyclic) bond motifs is 5. The summed E-state index contributed by atoms with van der Waals surface area (Å²) in [5.41, 5.74) is 15.4. The van der Waals surface area contributed by atoms with Gasteiger partial charge in [-0.2, -0.15) is 0 Å². The molecule has 1 heterocycles. The van der Waals surface area contributed by atoms with Crippen LogP contribution in [0.15, 0.2) is 157 Å². The van der Waals surface area contributed by atoms with E-state index in [2.05, 4.69) is 164 Å². The van der Waals surface area contributed by atoms with Gasteiger partial charge in [0.2, 0.25) is 0 Å². The predicted molar refractivity (Wildman–Crippen MR) is 233 cm³/mol. The molecule has 6 aliphatic rings. The molecular weight excluding hydrogens is 683 g/mol. The molecule has 0 saturated heterocycles. The Labute approximate surface area is 328 Å². The summed E-state index contributed by atoms with van der Waals surface area (Å²) in [6.45, 7) is 2.62. The highest BCUT2D eigenvalue weighted by atomic mass is 32.1. The molecule has 6 aromatic carbocycles. The number of thiophene rings is 1. The summed E-state index contributed by atoms with van der Waals surface area (Å²) < 4.78 is 2.70. The van der Waals surface area contributed by atoms with Crippen molar-refractivity contribution in [2.75, 3.05) is 4.90 Å². The molecule has 1 nitrogen and oxygen atoms in total. The van der Waals surface area contributed by atoms with E-state index in [1.54, 1.807) is 22.3 Å². The van der Waals surface area contributed by atoms with Crippen molar-refractivity contribution in [3.8, 4) is 22.3 Å². The van der Waals surface area contributed by atoms with Gasteiger partial charge in [-0.1, -0.05) is 110 Å². The van der Waals surface area contributed by atoms with Gasteiger partial charge in [-0.3, -0.25) is 0 Å². The Kier molecular flexibility index (Phi) is 7.10. The molecule has 4 saturated carbocycles. The van der Waals surface area contributed by atoms with Crippen LogP contribution in [0.1, 0.15) is 56.6 Å². The van der Waals surface area contributed by atoms with Gasteiger partial charge >= 0.3 is 0 Å². The van der Waals surface area contributed by atoms with Crippen LogP contribution in [0.2, 0.25) is 0 Å². The Morgan fingerprint density at radius 2 is 1.40 bits per heavy atom. The van der Waals surface area contributed by atoms with Gasteiger partial charge in [0, 0.05) is 42.5 Å². The Morgan fingerprint density at radius 1 is 0.618 bits per heavy atom. The molecule has 7 aromatic rings.